The third-order valence-electron chi connectivity index (χ3n) is 4.51. The van der Waals surface area contributed by atoms with Crippen molar-refractivity contribution in [2.24, 2.45) is 11.7 Å². The first-order valence-corrected chi connectivity index (χ1v) is 9.14. The van der Waals surface area contributed by atoms with Gasteiger partial charge >= 0.3 is 0 Å². The zero-order chi connectivity index (χ0) is 20.3. The normalized spacial score (nSPS) is 14.2. The fourth-order valence-corrected chi connectivity index (χ4v) is 3.21. The number of amides is 3. The van der Waals surface area contributed by atoms with Gasteiger partial charge in [-0.3, -0.25) is 19.3 Å². The molecular weight excluding hydrogens is 358 g/mol. The summed E-state index contributed by atoms with van der Waals surface area (Å²) >= 11 is 0. The molecule has 0 aliphatic carbocycles. The highest BCUT2D eigenvalue weighted by molar-refractivity contribution is 6.23. The van der Waals surface area contributed by atoms with E-state index in [1.165, 1.54) is 0 Å². The van der Waals surface area contributed by atoms with Crippen LogP contribution in [0.4, 0.5) is 5.69 Å². The van der Waals surface area contributed by atoms with Crippen LogP contribution in [-0.2, 0) is 4.79 Å². The van der Waals surface area contributed by atoms with Crippen LogP contribution in [0.1, 0.15) is 34.6 Å². The number of fused-ring (bicyclic) bond motifs is 1. The molecule has 1 aliphatic heterocycles. The Hall–Kier alpha value is -3.19. The number of anilines is 1. The SMILES string of the molecule is CC(C)C(C(=O)Nc1ccc(OCCN)cc1)N1C(=O)c2ccccc2C1=O. The van der Waals surface area contributed by atoms with Gasteiger partial charge in [0.1, 0.15) is 18.4 Å². The average Bonchev–Trinajstić information content (AvgIpc) is 2.93. The summed E-state index contributed by atoms with van der Waals surface area (Å²) in [5, 5.41) is 2.79. The van der Waals surface area contributed by atoms with E-state index in [-0.39, 0.29) is 5.92 Å². The highest BCUT2D eigenvalue weighted by Crippen LogP contribution is 2.28. The first-order chi connectivity index (χ1) is 13.4. The molecule has 0 saturated carbocycles. The van der Waals surface area contributed by atoms with E-state index in [4.69, 9.17) is 10.5 Å². The van der Waals surface area contributed by atoms with Crippen LogP contribution in [0.25, 0.3) is 0 Å². The molecule has 3 N–H and O–H groups in total. The summed E-state index contributed by atoms with van der Waals surface area (Å²) in [6, 6.07) is 12.5. The molecule has 0 radical (unpaired) electrons. The van der Waals surface area contributed by atoms with Gasteiger partial charge in [0.25, 0.3) is 11.8 Å². The van der Waals surface area contributed by atoms with Gasteiger partial charge in [0, 0.05) is 12.2 Å². The molecule has 1 unspecified atom stereocenters. The zero-order valence-corrected chi connectivity index (χ0v) is 15.8. The molecule has 0 fully saturated rings. The lowest BCUT2D eigenvalue weighted by Gasteiger charge is -2.28. The molecule has 0 spiro atoms. The summed E-state index contributed by atoms with van der Waals surface area (Å²) < 4.78 is 5.41. The fraction of sp³-hybridized carbons (Fsp3) is 0.286. The van der Waals surface area contributed by atoms with Gasteiger partial charge in [0.15, 0.2) is 0 Å². The number of imide groups is 1. The summed E-state index contributed by atoms with van der Waals surface area (Å²) in [6.45, 7) is 4.42. The second-order valence-electron chi connectivity index (χ2n) is 6.87. The zero-order valence-electron chi connectivity index (χ0n) is 15.8. The van der Waals surface area contributed by atoms with Gasteiger partial charge in [0.2, 0.25) is 5.91 Å². The summed E-state index contributed by atoms with van der Waals surface area (Å²) in [5.41, 5.74) is 6.61. The number of carbonyl (C=O) groups excluding carboxylic acids is 3. The molecule has 0 bridgehead atoms. The van der Waals surface area contributed by atoms with Crippen LogP contribution in [0.15, 0.2) is 48.5 Å². The number of nitrogens with two attached hydrogens (primary N) is 1. The van der Waals surface area contributed by atoms with Gasteiger partial charge < -0.3 is 15.8 Å². The Kier molecular flexibility index (Phi) is 5.75. The van der Waals surface area contributed by atoms with Crippen LogP contribution in [0, 0.1) is 5.92 Å². The molecular formula is C21H23N3O4. The molecule has 3 rings (SSSR count). The van der Waals surface area contributed by atoms with Crippen molar-refractivity contribution in [1.29, 1.82) is 0 Å². The number of hydrogen-bond donors (Lipinski definition) is 2. The van der Waals surface area contributed by atoms with E-state index in [0.717, 1.165) is 4.90 Å². The third kappa shape index (κ3) is 3.75. The van der Waals surface area contributed by atoms with E-state index in [0.29, 0.717) is 35.7 Å². The molecule has 1 atom stereocenters. The van der Waals surface area contributed by atoms with Crippen molar-refractivity contribution < 1.29 is 19.1 Å². The van der Waals surface area contributed by atoms with E-state index in [1.54, 1.807) is 62.4 Å². The Balaban J connectivity index is 1.78. The van der Waals surface area contributed by atoms with Crippen molar-refractivity contribution in [3.63, 3.8) is 0 Å². The highest BCUT2D eigenvalue weighted by atomic mass is 16.5. The van der Waals surface area contributed by atoms with Crippen LogP contribution >= 0.6 is 0 Å². The summed E-state index contributed by atoms with van der Waals surface area (Å²) in [5.74, 6) is -0.918. The second kappa shape index (κ2) is 8.22. The number of nitrogens with zero attached hydrogens (tertiary/aromatic N) is 1. The quantitative estimate of drug-likeness (QED) is 0.717. The Morgan fingerprint density at radius 1 is 1.04 bits per heavy atom. The van der Waals surface area contributed by atoms with Crippen molar-refractivity contribution in [2.45, 2.75) is 19.9 Å². The minimum atomic E-state index is -0.916. The fourth-order valence-electron chi connectivity index (χ4n) is 3.21. The minimum absolute atomic E-state index is 0.255. The first kappa shape index (κ1) is 19.6. The second-order valence-corrected chi connectivity index (χ2v) is 6.87. The van der Waals surface area contributed by atoms with Crippen molar-refractivity contribution in [3.8, 4) is 5.75 Å². The predicted octanol–water partition coefficient (Wildman–Crippen LogP) is 2.28. The Morgan fingerprint density at radius 2 is 1.61 bits per heavy atom. The van der Waals surface area contributed by atoms with E-state index in [2.05, 4.69) is 5.32 Å². The van der Waals surface area contributed by atoms with Gasteiger partial charge in [-0.2, -0.15) is 0 Å². The average molecular weight is 381 g/mol. The maximum atomic E-state index is 12.9. The summed E-state index contributed by atoms with van der Waals surface area (Å²) in [4.78, 5) is 39.5. The van der Waals surface area contributed by atoms with Crippen molar-refractivity contribution in [2.75, 3.05) is 18.5 Å². The summed E-state index contributed by atoms with van der Waals surface area (Å²) in [7, 11) is 0. The molecule has 3 amide bonds. The predicted molar refractivity (Wildman–Crippen MR) is 105 cm³/mol. The molecule has 146 valence electrons. The van der Waals surface area contributed by atoms with Gasteiger partial charge in [-0.25, -0.2) is 0 Å². The van der Waals surface area contributed by atoms with E-state index >= 15 is 0 Å². The smallest absolute Gasteiger partial charge is 0.262 e. The molecule has 1 heterocycles. The topological polar surface area (TPSA) is 102 Å². The largest absolute Gasteiger partial charge is 0.492 e. The van der Waals surface area contributed by atoms with Gasteiger partial charge in [-0.1, -0.05) is 26.0 Å². The molecule has 2 aromatic carbocycles. The van der Waals surface area contributed by atoms with Crippen LogP contribution in [0.2, 0.25) is 0 Å². The van der Waals surface area contributed by atoms with Crippen LogP contribution in [-0.4, -0.2) is 41.8 Å². The first-order valence-electron chi connectivity index (χ1n) is 9.14. The molecule has 0 saturated heterocycles. The maximum absolute atomic E-state index is 12.9. The van der Waals surface area contributed by atoms with E-state index < -0.39 is 23.8 Å². The monoisotopic (exact) mass is 381 g/mol. The van der Waals surface area contributed by atoms with Crippen molar-refractivity contribution >= 4 is 23.4 Å². The Morgan fingerprint density at radius 3 is 2.11 bits per heavy atom. The standard InChI is InChI=1S/C21H23N3O4/c1-13(2)18(24-20(26)16-5-3-4-6-17(16)21(24)27)19(25)23-14-7-9-15(10-8-14)28-12-11-22/h3-10,13,18H,11-12,22H2,1-2H3,(H,23,25). The van der Waals surface area contributed by atoms with Crippen molar-refractivity contribution in [3.05, 3.63) is 59.7 Å². The van der Waals surface area contributed by atoms with Gasteiger partial charge in [0.05, 0.1) is 11.1 Å². The molecule has 7 nitrogen and oxygen atoms in total. The Labute approximate surface area is 163 Å². The molecule has 28 heavy (non-hydrogen) atoms. The summed E-state index contributed by atoms with van der Waals surface area (Å²) in [6.07, 6.45) is 0. The van der Waals surface area contributed by atoms with E-state index in [1.807, 2.05) is 0 Å². The Bertz CT molecular complexity index is 858. The molecule has 7 heteroatoms. The van der Waals surface area contributed by atoms with Crippen LogP contribution in [0.5, 0.6) is 5.75 Å². The highest BCUT2D eigenvalue weighted by Gasteiger charge is 2.43. The number of hydrogen-bond acceptors (Lipinski definition) is 5. The maximum Gasteiger partial charge on any atom is 0.262 e. The van der Waals surface area contributed by atoms with Crippen LogP contribution < -0.4 is 15.8 Å². The number of benzene rings is 2. The number of ether oxygens (including phenoxy) is 1. The molecule has 2 aromatic rings. The third-order valence-corrected chi connectivity index (χ3v) is 4.51. The lowest BCUT2D eigenvalue weighted by molar-refractivity contribution is -0.121. The van der Waals surface area contributed by atoms with Gasteiger partial charge in [-0.05, 0) is 42.3 Å². The van der Waals surface area contributed by atoms with Gasteiger partial charge in [-0.15, -0.1) is 0 Å². The number of carbonyl (C=O) groups is 3. The van der Waals surface area contributed by atoms with E-state index in [9.17, 15) is 14.4 Å². The van der Waals surface area contributed by atoms with Crippen molar-refractivity contribution in [1.82, 2.24) is 4.90 Å². The lowest BCUT2D eigenvalue weighted by atomic mass is 10.0. The molecule has 0 aromatic heterocycles. The number of nitrogens with one attached hydrogen (secondary N) is 1. The minimum Gasteiger partial charge on any atom is -0.492 e. The lowest BCUT2D eigenvalue weighted by Crippen LogP contribution is -2.50. The number of rotatable bonds is 7. The molecule has 1 aliphatic rings. The van der Waals surface area contributed by atoms with Crippen LogP contribution in [0.3, 0.4) is 0 Å².